The number of hydrazine groups is 2. The molecule has 0 unspecified atom stereocenters. The van der Waals surface area contributed by atoms with Gasteiger partial charge in [-0.3, -0.25) is 16.1 Å². The lowest BCUT2D eigenvalue weighted by Crippen LogP contribution is -2.42. The number of alkyl halides is 3. The Morgan fingerprint density at radius 3 is 2.47 bits per heavy atom. The van der Waals surface area contributed by atoms with Crippen LogP contribution in [0.25, 0.3) is 0 Å². The van der Waals surface area contributed by atoms with Crippen LogP contribution in [0.15, 0.2) is 4.52 Å². The molecule has 1 amide bonds. The van der Waals surface area contributed by atoms with Gasteiger partial charge in [0.05, 0.1) is 0 Å². The summed E-state index contributed by atoms with van der Waals surface area (Å²) in [5, 5.41) is 3.12. The minimum atomic E-state index is -4.69. The van der Waals surface area contributed by atoms with Crippen molar-refractivity contribution < 1.29 is 22.5 Å². The molecule has 1 rings (SSSR count). The van der Waals surface area contributed by atoms with E-state index in [9.17, 15) is 18.0 Å². The summed E-state index contributed by atoms with van der Waals surface area (Å²) in [6.45, 7) is 2.99. The second-order valence-corrected chi connectivity index (χ2v) is 3.52. The average molecular weight is 252 g/mol. The topological polar surface area (TPSA) is 93.2 Å². The second kappa shape index (κ2) is 4.72. The average Bonchev–Trinajstić information content (AvgIpc) is 2.61. The molecule has 0 bridgehead atoms. The molecule has 0 aromatic carbocycles. The van der Waals surface area contributed by atoms with Gasteiger partial charge in [-0.05, 0) is 5.92 Å². The molecule has 0 saturated carbocycles. The molecule has 0 saturated heterocycles. The van der Waals surface area contributed by atoms with Crippen molar-refractivity contribution in [2.24, 2.45) is 5.84 Å². The third kappa shape index (κ3) is 2.74. The van der Waals surface area contributed by atoms with Gasteiger partial charge in [-0.25, -0.2) is 0 Å². The van der Waals surface area contributed by atoms with Crippen LogP contribution in [0, 0.1) is 0 Å². The summed E-state index contributed by atoms with van der Waals surface area (Å²) >= 11 is 0. The van der Waals surface area contributed by atoms with Crippen molar-refractivity contribution >= 4 is 5.91 Å². The maximum absolute atomic E-state index is 12.6. The smallest absolute Gasteiger partial charge is 0.351 e. The molecule has 6 nitrogen and oxygen atoms in total. The first-order valence-electron chi connectivity index (χ1n) is 4.61. The van der Waals surface area contributed by atoms with E-state index in [1.54, 1.807) is 0 Å². The van der Waals surface area contributed by atoms with E-state index in [2.05, 4.69) is 9.68 Å². The minimum Gasteiger partial charge on any atom is -0.351 e. The van der Waals surface area contributed by atoms with E-state index in [1.807, 2.05) is 11.0 Å². The highest BCUT2D eigenvalue weighted by atomic mass is 19.4. The molecule has 96 valence electrons. The summed E-state index contributed by atoms with van der Waals surface area (Å²) in [5.41, 5.74) is 3.00. The zero-order valence-electron chi connectivity index (χ0n) is 9.05. The number of carbonyl (C=O) groups excluding carboxylic acids is 1. The van der Waals surface area contributed by atoms with Crippen LogP contribution in [-0.2, 0) is 6.18 Å². The van der Waals surface area contributed by atoms with Gasteiger partial charge in [0.2, 0.25) is 5.76 Å². The Morgan fingerprint density at radius 1 is 1.47 bits per heavy atom. The van der Waals surface area contributed by atoms with Gasteiger partial charge in [0.1, 0.15) is 0 Å². The number of nitrogens with zero attached hydrogens (tertiary/aromatic N) is 1. The zero-order chi connectivity index (χ0) is 13.2. The molecule has 0 fully saturated rings. The van der Waals surface area contributed by atoms with Gasteiger partial charge in [-0.1, -0.05) is 19.0 Å². The van der Waals surface area contributed by atoms with Crippen LogP contribution in [0.2, 0.25) is 0 Å². The molecule has 1 aromatic rings. The first kappa shape index (κ1) is 13.5. The molecule has 0 aliphatic carbocycles. The molecule has 0 spiro atoms. The van der Waals surface area contributed by atoms with Crippen LogP contribution < -0.4 is 16.8 Å². The van der Waals surface area contributed by atoms with Crippen LogP contribution in [0.5, 0.6) is 0 Å². The van der Waals surface area contributed by atoms with E-state index in [0.29, 0.717) is 0 Å². The van der Waals surface area contributed by atoms with Crippen molar-refractivity contribution in [2.45, 2.75) is 25.9 Å². The van der Waals surface area contributed by atoms with Crippen molar-refractivity contribution in [3.63, 3.8) is 0 Å². The molecular formula is C8H11F3N4O2. The van der Waals surface area contributed by atoms with Crippen LogP contribution in [-0.4, -0.2) is 11.1 Å². The highest BCUT2D eigenvalue weighted by molar-refractivity contribution is 5.93. The molecule has 0 aliphatic heterocycles. The summed E-state index contributed by atoms with van der Waals surface area (Å²) in [7, 11) is 0. The van der Waals surface area contributed by atoms with Gasteiger partial charge >= 0.3 is 6.18 Å². The maximum atomic E-state index is 12.6. The highest BCUT2D eigenvalue weighted by Gasteiger charge is 2.42. The summed E-state index contributed by atoms with van der Waals surface area (Å²) in [4.78, 5) is 11.4. The first-order chi connectivity index (χ1) is 7.79. The zero-order valence-corrected chi connectivity index (χ0v) is 9.05. The molecule has 0 aliphatic rings. The number of halogens is 3. The fraction of sp³-hybridized carbons (Fsp3) is 0.500. The van der Waals surface area contributed by atoms with Crippen molar-refractivity contribution in [2.75, 3.05) is 0 Å². The Balaban J connectivity index is 3.25. The molecule has 1 heterocycles. The monoisotopic (exact) mass is 252 g/mol. The fourth-order valence-corrected chi connectivity index (χ4v) is 1.33. The van der Waals surface area contributed by atoms with Gasteiger partial charge in [0.15, 0.2) is 5.69 Å². The number of nitrogens with one attached hydrogen (secondary N) is 2. The SMILES string of the molecule is CC(C)c1c(C(=O)NNN)noc1C(F)(F)F. The fourth-order valence-electron chi connectivity index (χ4n) is 1.33. The number of nitrogens with two attached hydrogens (primary N) is 1. The maximum Gasteiger partial charge on any atom is 0.452 e. The van der Waals surface area contributed by atoms with Gasteiger partial charge in [0, 0.05) is 5.56 Å². The molecule has 4 N–H and O–H groups in total. The lowest BCUT2D eigenvalue weighted by atomic mass is 10.00. The van der Waals surface area contributed by atoms with E-state index in [4.69, 9.17) is 5.84 Å². The molecule has 17 heavy (non-hydrogen) atoms. The number of aromatic nitrogens is 1. The quantitative estimate of drug-likeness (QED) is 0.549. The van der Waals surface area contributed by atoms with Crippen LogP contribution in [0.1, 0.15) is 41.6 Å². The Kier molecular flexibility index (Phi) is 3.73. The van der Waals surface area contributed by atoms with Crippen LogP contribution in [0.4, 0.5) is 13.2 Å². The predicted molar refractivity (Wildman–Crippen MR) is 50.4 cm³/mol. The van der Waals surface area contributed by atoms with E-state index >= 15 is 0 Å². The summed E-state index contributed by atoms with van der Waals surface area (Å²) < 4.78 is 41.9. The molecular weight excluding hydrogens is 241 g/mol. The number of carbonyl (C=O) groups is 1. The molecule has 1 aromatic heterocycles. The van der Waals surface area contributed by atoms with Crippen molar-refractivity contribution in [1.29, 1.82) is 0 Å². The first-order valence-corrected chi connectivity index (χ1v) is 4.61. The highest BCUT2D eigenvalue weighted by Crippen LogP contribution is 2.36. The summed E-state index contributed by atoms with van der Waals surface area (Å²) in [6, 6.07) is 0. The second-order valence-electron chi connectivity index (χ2n) is 3.52. The number of rotatable bonds is 3. The molecule has 0 radical (unpaired) electrons. The van der Waals surface area contributed by atoms with Crippen molar-refractivity contribution in [3.05, 3.63) is 17.0 Å². The molecule has 0 atom stereocenters. The number of hydrogen-bond donors (Lipinski definition) is 3. The van der Waals surface area contributed by atoms with E-state index in [1.165, 1.54) is 13.8 Å². The normalized spacial score (nSPS) is 11.9. The van der Waals surface area contributed by atoms with E-state index in [-0.39, 0.29) is 5.56 Å². The Hall–Kier alpha value is -1.61. The van der Waals surface area contributed by atoms with E-state index < -0.39 is 29.5 Å². The van der Waals surface area contributed by atoms with Crippen LogP contribution >= 0.6 is 0 Å². The Morgan fingerprint density at radius 2 is 2.06 bits per heavy atom. The molecule has 9 heteroatoms. The lowest BCUT2D eigenvalue weighted by Gasteiger charge is -2.09. The third-order valence-electron chi connectivity index (χ3n) is 1.96. The van der Waals surface area contributed by atoms with Crippen molar-refractivity contribution in [3.8, 4) is 0 Å². The number of amides is 1. The summed E-state index contributed by atoms with van der Waals surface area (Å²) in [6.07, 6.45) is -4.69. The van der Waals surface area contributed by atoms with Gasteiger partial charge in [-0.2, -0.15) is 18.7 Å². The van der Waals surface area contributed by atoms with Gasteiger partial charge < -0.3 is 4.52 Å². The minimum absolute atomic E-state index is 0.301. The van der Waals surface area contributed by atoms with Gasteiger partial charge in [0.25, 0.3) is 5.91 Å². The van der Waals surface area contributed by atoms with Gasteiger partial charge in [-0.15, -0.1) is 0 Å². The Bertz CT molecular complexity index is 413. The largest absolute Gasteiger partial charge is 0.452 e. The summed E-state index contributed by atoms with van der Waals surface area (Å²) in [5.74, 6) is 2.09. The third-order valence-corrected chi connectivity index (χ3v) is 1.96. The predicted octanol–water partition coefficient (Wildman–Crippen LogP) is 0.925. The number of hydrogen-bond acceptors (Lipinski definition) is 5. The lowest BCUT2D eigenvalue weighted by molar-refractivity contribution is -0.156. The standard InChI is InChI=1S/C8H11F3N4O2/c1-3(2)4-5(7(16)13-15-12)14-17-6(4)8(9,10)11/h3,15H,12H2,1-2H3,(H,13,16). The van der Waals surface area contributed by atoms with Crippen LogP contribution in [0.3, 0.4) is 0 Å². The van der Waals surface area contributed by atoms with E-state index in [0.717, 1.165) is 0 Å². The van der Waals surface area contributed by atoms with Crippen molar-refractivity contribution in [1.82, 2.24) is 16.1 Å². The Labute approximate surface area is 94.3 Å².